The highest BCUT2D eigenvalue weighted by Gasteiger charge is 2.19. The van der Waals surface area contributed by atoms with Crippen molar-refractivity contribution in [3.8, 4) is 0 Å². The molecule has 51 valence electrons. The maximum absolute atomic E-state index is 3.20. The Kier molecular flexibility index (Phi) is 2.55. The summed E-state index contributed by atoms with van der Waals surface area (Å²) in [4.78, 5) is 0. The van der Waals surface area contributed by atoms with Gasteiger partial charge in [0.15, 0.2) is 0 Å². The Hall–Kier alpha value is -0.0151. The van der Waals surface area contributed by atoms with Gasteiger partial charge in [-0.3, -0.25) is 5.43 Å². The molecule has 1 aliphatic heterocycles. The number of hydrogen-bond donors (Lipinski definition) is 2. The SMILES string of the molecule is CCC(C)C1C[B]NN1. The molecule has 0 spiro atoms. The van der Waals surface area contributed by atoms with Crippen LogP contribution in [0.15, 0.2) is 0 Å². The van der Waals surface area contributed by atoms with Crippen LogP contribution in [0.3, 0.4) is 0 Å². The van der Waals surface area contributed by atoms with Gasteiger partial charge in [-0.2, -0.15) is 0 Å². The van der Waals surface area contributed by atoms with Gasteiger partial charge in [-0.15, -0.1) is 0 Å². The van der Waals surface area contributed by atoms with E-state index in [2.05, 4.69) is 32.0 Å². The maximum Gasteiger partial charge on any atom is 0.226 e. The van der Waals surface area contributed by atoms with Crippen molar-refractivity contribution in [3.05, 3.63) is 0 Å². The van der Waals surface area contributed by atoms with Gasteiger partial charge in [0.25, 0.3) is 0 Å². The molecule has 0 aromatic rings. The van der Waals surface area contributed by atoms with Gasteiger partial charge in [0.2, 0.25) is 7.41 Å². The minimum absolute atomic E-state index is 0.662. The summed E-state index contributed by atoms with van der Waals surface area (Å²) in [6.45, 7) is 4.50. The molecule has 9 heavy (non-hydrogen) atoms. The van der Waals surface area contributed by atoms with E-state index in [1.165, 1.54) is 6.42 Å². The molecule has 2 N–H and O–H groups in total. The summed E-state index contributed by atoms with van der Waals surface area (Å²) < 4.78 is 0. The van der Waals surface area contributed by atoms with Gasteiger partial charge in [0.05, 0.1) is 0 Å². The average molecular weight is 125 g/mol. The lowest BCUT2D eigenvalue weighted by molar-refractivity contribution is 0.403. The van der Waals surface area contributed by atoms with Crippen molar-refractivity contribution in [2.75, 3.05) is 0 Å². The summed E-state index contributed by atoms with van der Waals surface area (Å²) in [5, 5.41) is 3.01. The molecule has 2 unspecified atom stereocenters. The molecule has 1 heterocycles. The summed E-state index contributed by atoms with van der Waals surface area (Å²) in [5.41, 5.74) is 3.20. The molecule has 2 nitrogen and oxygen atoms in total. The molecule has 0 bridgehead atoms. The van der Waals surface area contributed by atoms with Gasteiger partial charge in [-0.05, 0) is 12.2 Å². The van der Waals surface area contributed by atoms with E-state index < -0.39 is 0 Å². The molecule has 3 heteroatoms. The van der Waals surface area contributed by atoms with E-state index >= 15 is 0 Å². The zero-order chi connectivity index (χ0) is 6.69. The maximum atomic E-state index is 3.20. The number of hydrazine groups is 1. The van der Waals surface area contributed by atoms with Crippen molar-refractivity contribution in [2.24, 2.45) is 5.92 Å². The second-order valence-corrected chi connectivity index (χ2v) is 2.72. The van der Waals surface area contributed by atoms with E-state index in [1.807, 2.05) is 0 Å². The zero-order valence-electron chi connectivity index (χ0n) is 6.15. The van der Waals surface area contributed by atoms with Crippen LogP contribution < -0.4 is 10.8 Å². The molecule has 2 atom stereocenters. The third-order valence-corrected chi connectivity index (χ3v) is 2.07. The van der Waals surface area contributed by atoms with Gasteiger partial charge in [-0.1, -0.05) is 20.3 Å². The summed E-state index contributed by atoms with van der Waals surface area (Å²) >= 11 is 0. The molecule has 0 aromatic carbocycles. The van der Waals surface area contributed by atoms with E-state index in [9.17, 15) is 0 Å². The monoisotopic (exact) mass is 125 g/mol. The average Bonchev–Trinajstić information content (AvgIpc) is 2.37. The quantitative estimate of drug-likeness (QED) is 0.526. The summed E-state index contributed by atoms with van der Waals surface area (Å²) in [7, 11) is 2.08. The smallest absolute Gasteiger partial charge is 0.226 e. The number of rotatable bonds is 2. The minimum Gasteiger partial charge on any atom is -0.303 e. The fourth-order valence-electron chi connectivity index (χ4n) is 1.07. The molecule has 1 radical (unpaired) electrons. The predicted molar refractivity (Wildman–Crippen MR) is 40.1 cm³/mol. The number of hydrogen-bond acceptors (Lipinski definition) is 2. The molecule has 0 aromatic heterocycles. The van der Waals surface area contributed by atoms with Crippen molar-refractivity contribution < 1.29 is 0 Å². The van der Waals surface area contributed by atoms with Crippen molar-refractivity contribution in [1.82, 2.24) is 10.8 Å². The normalized spacial score (nSPS) is 29.8. The molecule has 1 fully saturated rings. The Morgan fingerprint density at radius 3 is 3.00 bits per heavy atom. The summed E-state index contributed by atoms with van der Waals surface area (Å²) in [5.74, 6) is 0.788. The number of nitrogens with one attached hydrogen (secondary N) is 2. The van der Waals surface area contributed by atoms with E-state index in [4.69, 9.17) is 0 Å². The van der Waals surface area contributed by atoms with Gasteiger partial charge < -0.3 is 5.34 Å². The van der Waals surface area contributed by atoms with Gasteiger partial charge >= 0.3 is 0 Å². The van der Waals surface area contributed by atoms with Crippen LogP contribution in [-0.4, -0.2) is 13.5 Å². The molecule has 1 rings (SSSR count). The third kappa shape index (κ3) is 1.70. The molecule has 0 amide bonds. The molecule has 0 aliphatic carbocycles. The Balaban J connectivity index is 2.24. The van der Waals surface area contributed by atoms with E-state index in [0.29, 0.717) is 6.04 Å². The highest BCUT2D eigenvalue weighted by Crippen LogP contribution is 2.11. The Labute approximate surface area is 57.6 Å². The van der Waals surface area contributed by atoms with Crippen LogP contribution >= 0.6 is 0 Å². The largest absolute Gasteiger partial charge is 0.303 e. The molecular weight excluding hydrogens is 111 g/mol. The molecular formula is C6H14BN2. The van der Waals surface area contributed by atoms with Crippen molar-refractivity contribution in [3.63, 3.8) is 0 Å². The van der Waals surface area contributed by atoms with Crippen molar-refractivity contribution >= 4 is 7.41 Å². The fourth-order valence-corrected chi connectivity index (χ4v) is 1.07. The van der Waals surface area contributed by atoms with E-state index in [1.54, 1.807) is 0 Å². The van der Waals surface area contributed by atoms with Gasteiger partial charge in [-0.25, -0.2) is 0 Å². The molecule has 1 saturated heterocycles. The first-order chi connectivity index (χ1) is 4.34. The Morgan fingerprint density at radius 1 is 1.78 bits per heavy atom. The first kappa shape index (κ1) is 7.10. The van der Waals surface area contributed by atoms with E-state index in [-0.39, 0.29) is 0 Å². The van der Waals surface area contributed by atoms with E-state index in [0.717, 1.165) is 12.2 Å². The van der Waals surface area contributed by atoms with Gasteiger partial charge in [0, 0.05) is 6.04 Å². The summed E-state index contributed by atoms with van der Waals surface area (Å²) in [6.07, 6.45) is 2.42. The van der Waals surface area contributed by atoms with Crippen molar-refractivity contribution in [1.29, 1.82) is 0 Å². The zero-order valence-corrected chi connectivity index (χ0v) is 6.15. The first-order valence-electron chi connectivity index (χ1n) is 3.67. The first-order valence-corrected chi connectivity index (χ1v) is 3.67. The van der Waals surface area contributed by atoms with Crippen LogP contribution in [0.5, 0.6) is 0 Å². The topological polar surface area (TPSA) is 24.1 Å². The second kappa shape index (κ2) is 3.23. The lowest BCUT2D eigenvalue weighted by atomic mass is 9.83. The summed E-state index contributed by atoms with van der Waals surface area (Å²) in [6, 6.07) is 0.662. The Morgan fingerprint density at radius 2 is 2.56 bits per heavy atom. The molecule has 0 saturated carbocycles. The second-order valence-electron chi connectivity index (χ2n) is 2.72. The van der Waals surface area contributed by atoms with Crippen LogP contribution in [-0.2, 0) is 0 Å². The van der Waals surface area contributed by atoms with Crippen LogP contribution in [0.1, 0.15) is 20.3 Å². The fraction of sp³-hybridized carbons (Fsp3) is 1.00. The third-order valence-electron chi connectivity index (χ3n) is 2.07. The van der Waals surface area contributed by atoms with Crippen LogP contribution in [0.4, 0.5) is 0 Å². The Bertz CT molecular complexity index is 81.1. The van der Waals surface area contributed by atoms with Crippen LogP contribution in [0.2, 0.25) is 6.32 Å². The van der Waals surface area contributed by atoms with Crippen molar-refractivity contribution in [2.45, 2.75) is 32.6 Å². The molecule has 1 aliphatic rings. The lowest BCUT2D eigenvalue weighted by Gasteiger charge is -2.16. The van der Waals surface area contributed by atoms with Crippen LogP contribution in [0.25, 0.3) is 0 Å². The lowest BCUT2D eigenvalue weighted by Crippen LogP contribution is -2.34. The standard InChI is InChI=1S/C6H14BN2/c1-3-5(2)6-4-7-9-8-6/h5-6,8-9H,3-4H2,1-2H3. The predicted octanol–water partition coefficient (Wildman–Crippen LogP) is 0.546. The highest BCUT2D eigenvalue weighted by atomic mass is 15.3. The van der Waals surface area contributed by atoms with Crippen LogP contribution in [0, 0.1) is 5.92 Å². The minimum atomic E-state index is 0.662. The highest BCUT2D eigenvalue weighted by molar-refractivity contribution is 6.33. The van der Waals surface area contributed by atoms with Gasteiger partial charge in [0.1, 0.15) is 0 Å².